The molecule has 1 heterocycles. The molecule has 1 atom stereocenters. The van der Waals surface area contributed by atoms with Crippen molar-refractivity contribution in [1.82, 2.24) is 4.90 Å². The molecule has 1 aliphatic heterocycles. The molecule has 0 saturated carbocycles. The van der Waals surface area contributed by atoms with Gasteiger partial charge in [-0.2, -0.15) is 0 Å². The normalized spacial score (nSPS) is 18.1. The van der Waals surface area contributed by atoms with Crippen molar-refractivity contribution in [2.45, 2.75) is 25.2 Å². The van der Waals surface area contributed by atoms with Gasteiger partial charge in [0, 0.05) is 26.1 Å². The fraction of sp³-hybridized carbons (Fsp3) is 0.345. The second kappa shape index (κ2) is 10.6. The van der Waals surface area contributed by atoms with Crippen molar-refractivity contribution >= 4 is 5.78 Å². The van der Waals surface area contributed by atoms with E-state index < -0.39 is 0 Å². The summed E-state index contributed by atoms with van der Waals surface area (Å²) < 4.78 is 11.3. The fourth-order valence-electron chi connectivity index (χ4n) is 5.11. The van der Waals surface area contributed by atoms with E-state index in [4.69, 9.17) is 9.47 Å². The standard InChI is InChI=1S/C29H31NO6/c31-23-5-3-20(4-6-23)21-16-25-22(18-27(33)29(34)28(25)26(32)17-21)15-19-1-7-24(8-2-19)36-14-11-30-9-12-35-13-10-30/h1-8,18,21,31,33-34H,9-17H2. The van der Waals surface area contributed by atoms with E-state index in [1.165, 1.54) is 0 Å². The maximum absolute atomic E-state index is 13.0. The van der Waals surface area contributed by atoms with Gasteiger partial charge in [-0.3, -0.25) is 9.69 Å². The van der Waals surface area contributed by atoms with Gasteiger partial charge in [-0.05, 0) is 71.3 Å². The first-order valence-electron chi connectivity index (χ1n) is 12.4. The van der Waals surface area contributed by atoms with E-state index in [-0.39, 0.29) is 40.9 Å². The monoisotopic (exact) mass is 489 g/mol. The number of aromatic hydroxyl groups is 3. The van der Waals surface area contributed by atoms with Gasteiger partial charge in [-0.1, -0.05) is 24.3 Å². The lowest BCUT2D eigenvalue weighted by Crippen LogP contribution is -2.38. The maximum Gasteiger partial charge on any atom is 0.168 e. The van der Waals surface area contributed by atoms with Crippen LogP contribution in [0.25, 0.3) is 0 Å². The Labute approximate surface area is 210 Å². The van der Waals surface area contributed by atoms with Crippen LogP contribution in [0.15, 0.2) is 54.6 Å². The zero-order chi connectivity index (χ0) is 25.1. The largest absolute Gasteiger partial charge is 0.508 e. The van der Waals surface area contributed by atoms with E-state index in [2.05, 4.69) is 4.90 Å². The van der Waals surface area contributed by atoms with Crippen molar-refractivity contribution in [2.75, 3.05) is 39.5 Å². The lowest BCUT2D eigenvalue weighted by atomic mass is 9.76. The summed E-state index contributed by atoms with van der Waals surface area (Å²) in [6, 6.07) is 16.3. The number of rotatable bonds is 7. The Morgan fingerprint density at radius 3 is 2.39 bits per heavy atom. The number of Topliss-reactive ketones (excluding diaryl/α,β-unsaturated/α-hetero) is 1. The minimum absolute atomic E-state index is 0.0597. The second-order valence-electron chi connectivity index (χ2n) is 9.50. The molecule has 3 N–H and O–H groups in total. The molecule has 0 radical (unpaired) electrons. The van der Waals surface area contributed by atoms with E-state index in [1.807, 2.05) is 36.4 Å². The van der Waals surface area contributed by atoms with Gasteiger partial charge in [0.25, 0.3) is 0 Å². The fourth-order valence-corrected chi connectivity index (χ4v) is 5.11. The number of hydrogen-bond acceptors (Lipinski definition) is 7. The molecule has 188 valence electrons. The molecular formula is C29H31NO6. The molecule has 0 bridgehead atoms. The number of ether oxygens (including phenoxy) is 2. The van der Waals surface area contributed by atoms with Gasteiger partial charge in [0.1, 0.15) is 18.1 Å². The Hall–Kier alpha value is -3.55. The summed E-state index contributed by atoms with van der Waals surface area (Å²) >= 11 is 0. The van der Waals surface area contributed by atoms with Crippen molar-refractivity contribution in [3.05, 3.63) is 82.4 Å². The Morgan fingerprint density at radius 2 is 1.67 bits per heavy atom. The number of carbonyl (C=O) groups is 1. The van der Waals surface area contributed by atoms with Gasteiger partial charge < -0.3 is 24.8 Å². The first-order chi connectivity index (χ1) is 17.5. The van der Waals surface area contributed by atoms with Crippen LogP contribution in [0.4, 0.5) is 0 Å². The lowest BCUT2D eigenvalue weighted by Gasteiger charge is -2.27. The topological polar surface area (TPSA) is 99.5 Å². The van der Waals surface area contributed by atoms with E-state index in [0.29, 0.717) is 19.4 Å². The molecular weight excluding hydrogens is 458 g/mol. The number of nitrogens with zero attached hydrogens (tertiary/aromatic N) is 1. The number of benzene rings is 3. The highest BCUT2D eigenvalue weighted by Gasteiger charge is 2.32. The Kier molecular flexibility index (Phi) is 7.11. The highest BCUT2D eigenvalue weighted by Crippen LogP contribution is 2.43. The molecule has 0 aromatic heterocycles. The van der Waals surface area contributed by atoms with E-state index in [9.17, 15) is 20.1 Å². The molecule has 0 spiro atoms. The molecule has 0 amide bonds. The third kappa shape index (κ3) is 5.32. The van der Waals surface area contributed by atoms with E-state index in [0.717, 1.165) is 60.9 Å². The second-order valence-corrected chi connectivity index (χ2v) is 9.50. The molecule has 2 aliphatic rings. The van der Waals surface area contributed by atoms with Crippen LogP contribution >= 0.6 is 0 Å². The van der Waals surface area contributed by atoms with E-state index >= 15 is 0 Å². The summed E-state index contributed by atoms with van der Waals surface area (Å²) in [7, 11) is 0. The van der Waals surface area contributed by atoms with Gasteiger partial charge >= 0.3 is 0 Å². The van der Waals surface area contributed by atoms with Crippen molar-refractivity contribution in [2.24, 2.45) is 0 Å². The molecule has 3 aromatic carbocycles. The quantitative estimate of drug-likeness (QED) is 0.431. The van der Waals surface area contributed by atoms with Crippen molar-refractivity contribution in [1.29, 1.82) is 0 Å². The first-order valence-corrected chi connectivity index (χ1v) is 12.4. The molecule has 1 aliphatic carbocycles. The number of ketones is 1. The molecule has 5 rings (SSSR count). The summed E-state index contributed by atoms with van der Waals surface area (Å²) in [5.74, 6) is 0.113. The highest BCUT2D eigenvalue weighted by molar-refractivity contribution is 6.02. The molecule has 36 heavy (non-hydrogen) atoms. The van der Waals surface area contributed by atoms with Gasteiger partial charge in [0.05, 0.1) is 18.8 Å². The predicted molar refractivity (Wildman–Crippen MR) is 135 cm³/mol. The van der Waals surface area contributed by atoms with Crippen molar-refractivity contribution in [3.63, 3.8) is 0 Å². The van der Waals surface area contributed by atoms with Crippen molar-refractivity contribution in [3.8, 4) is 23.0 Å². The highest BCUT2D eigenvalue weighted by atomic mass is 16.5. The van der Waals surface area contributed by atoms with Crippen LogP contribution in [0.2, 0.25) is 0 Å². The zero-order valence-electron chi connectivity index (χ0n) is 20.2. The number of phenols is 3. The molecule has 1 unspecified atom stereocenters. The lowest BCUT2D eigenvalue weighted by molar-refractivity contribution is 0.0322. The molecule has 7 nitrogen and oxygen atoms in total. The third-order valence-corrected chi connectivity index (χ3v) is 7.10. The third-order valence-electron chi connectivity index (χ3n) is 7.10. The number of fused-ring (bicyclic) bond motifs is 1. The number of hydrogen-bond donors (Lipinski definition) is 3. The predicted octanol–water partition coefficient (Wildman–Crippen LogP) is 4.02. The number of phenolic OH excluding ortho intramolecular Hbond substituents is 3. The average molecular weight is 490 g/mol. The van der Waals surface area contributed by atoms with Gasteiger partial charge in [0.15, 0.2) is 17.3 Å². The minimum atomic E-state index is -0.341. The zero-order valence-corrected chi connectivity index (χ0v) is 20.2. The van der Waals surface area contributed by atoms with Crippen LogP contribution in [0.1, 0.15) is 45.0 Å². The van der Waals surface area contributed by atoms with Gasteiger partial charge in [0.2, 0.25) is 0 Å². The van der Waals surface area contributed by atoms with Crippen LogP contribution < -0.4 is 4.74 Å². The molecule has 1 fully saturated rings. The first kappa shape index (κ1) is 24.2. The number of morpholine rings is 1. The van der Waals surface area contributed by atoms with Crippen LogP contribution in [0.5, 0.6) is 23.0 Å². The van der Waals surface area contributed by atoms with Crippen LogP contribution in [-0.4, -0.2) is 65.5 Å². The van der Waals surface area contributed by atoms with Crippen molar-refractivity contribution < 1.29 is 29.6 Å². The Balaban J connectivity index is 1.31. The van der Waals surface area contributed by atoms with Gasteiger partial charge in [-0.25, -0.2) is 0 Å². The number of carbonyl (C=O) groups excluding carboxylic acids is 1. The average Bonchev–Trinajstić information content (AvgIpc) is 2.89. The van der Waals surface area contributed by atoms with E-state index in [1.54, 1.807) is 18.2 Å². The Morgan fingerprint density at radius 1 is 0.944 bits per heavy atom. The minimum Gasteiger partial charge on any atom is -0.508 e. The maximum atomic E-state index is 13.0. The van der Waals surface area contributed by atoms with Crippen LogP contribution in [0, 0.1) is 0 Å². The summed E-state index contributed by atoms with van der Waals surface area (Å²) in [6.07, 6.45) is 1.32. The summed E-state index contributed by atoms with van der Waals surface area (Å²) in [6.45, 7) is 4.88. The summed E-state index contributed by atoms with van der Waals surface area (Å²) in [4.78, 5) is 15.4. The summed E-state index contributed by atoms with van der Waals surface area (Å²) in [5.41, 5.74) is 3.79. The van der Waals surface area contributed by atoms with Gasteiger partial charge in [-0.15, -0.1) is 0 Å². The smallest absolute Gasteiger partial charge is 0.168 e. The van der Waals surface area contributed by atoms with Crippen LogP contribution in [-0.2, 0) is 17.6 Å². The summed E-state index contributed by atoms with van der Waals surface area (Å²) in [5, 5.41) is 30.5. The Bertz CT molecular complexity index is 1220. The molecule has 3 aromatic rings. The molecule has 1 saturated heterocycles. The SMILES string of the molecule is O=C1CC(c2ccc(O)cc2)Cc2c(Cc3ccc(OCCN4CCOCC4)cc3)cc(O)c(O)c21. The molecule has 7 heteroatoms. The van der Waals surface area contributed by atoms with Crippen LogP contribution in [0.3, 0.4) is 0 Å².